The molecule has 0 saturated heterocycles. The van der Waals surface area contributed by atoms with Crippen LogP contribution in [0.4, 0.5) is 0 Å². The van der Waals surface area contributed by atoms with Gasteiger partial charge >= 0.3 is 0 Å². The Bertz CT molecular complexity index is 341. The van der Waals surface area contributed by atoms with E-state index in [1.807, 2.05) is 0 Å². The lowest BCUT2D eigenvalue weighted by Crippen LogP contribution is -2.46. The van der Waals surface area contributed by atoms with Crippen molar-refractivity contribution < 1.29 is 0 Å². The molecule has 1 aromatic rings. The van der Waals surface area contributed by atoms with E-state index >= 15 is 0 Å². The van der Waals surface area contributed by atoms with Crippen LogP contribution in [-0.2, 0) is 0 Å². The molecule has 0 nitrogen and oxygen atoms in total. The Morgan fingerprint density at radius 2 is 1.53 bits per heavy atom. The lowest BCUT2D eigenvalue weighted by atomic mass is 10.4. The second-order valence-electron chi connectivity index (χ2n) is 5.24. The minimum absolute atomic E-state index is 1.30. The first-order valence-corrected chi connectivity index (χ1v) is 9.35. The van der Waals surface area contributed by atoms with Crippen molar-refractivity contribution in [3.63, 3.8) is 0 Å². The average molecular weight is 246 g/mol. The highest BCUT2D eigenvalue weighted by molar-refractivity contribution is 6.96. The van der Waals surface area contributed by atoms with Crippen LogP contribution >= 0.6 is 0 Å². The molecule has 0 unspecified atom stereocenters. The molecule has 1 rings (SSSR count). The third-order valence-electron chi connectivity index (χ3n) is 3.31. The van der Waals surface area contributed by atoms with Crippen molar-refractivity contribution in [1.82, 2.24) is 0 Å². The molecule has 1 aromatic carbocycles. The van der Waals surface area contributed by atoms with Crippen molar-refractivity contribution in [2.24, 2.45) is 0 Å². The van der Waals surface area contributed by atoms with Gasteiger partial charge in [-0.2, -0.15) is 0 Å². The Kier molecular flexibility index (Phi) is 5.70. The summed E-state index contributed by atoms with van der Waals surface area (Å²) < 4.78 is 0. The van der Waals surface area contributed by atoms with Gasteiger partial charge in [-0.3, -0.25) is 0 Å². The Morgan fingerprint density at radius 1 is 1.00 bits per heavy atom. The first-order valence-electron chi connectivity index (χ1n) is 6.86. The number of benzene rings is 1. The van der Waals surface area contributed by atoms with Crippen LogP contribution in [-0.4, -0.2) is 8.07 Å². The summed E-state index contributed by atoms with van der Waals surface area (Å²) in [5, 5.41) is 1.62. The monoisotopic (exact) mass is 246 g/mol. The van der Waals surface area contributed by atoms with Crippen LogP contribution in [0.1, 0.15) is 40.5 Å². The molecule has 0 aliphatic heterocycles. The standard InChI is InChI=1S/C16H26Si/c1-5-12-17(13-6-2,14-15(3)4)16-10-8-7-9-11-16/h7-11,14H,5-6,12-13H2,1-4H3. The van der Waals surface area contributed by atoms with Crippen molar-refractivity contribution in [2.45, 2.75) is 52.6 Å². The summed E-state index contributed by atoms with van der Waals surface area (Å²) in [6.45, 7) is 9.13. The Hall–Kier alpha value is -0.823. The van der Waals surface area contributed by atoms with Gasteiger partial charge in [0.2, 0.25) is 0 Å². The van der Waals surface area contributed by atoms with Gasteiger partial charge in [0.05, 0.1) is 0 Å². The third-order valence-corrected chi connectivity index (χ3v) is 8.70. The van der Waals surface area contributed by atoms with E-state index in [0.717, 1.165) is 0 Å². The molecule has 0 bridgehead atoms. The predicted molar refractivity (Wildman–Crippen MR) is 81.5 cm³/mol. The first kappa shape index (κ1) is 14.2. The summed E-state index contributed by atoms with van der Waals surface area (Å²) >= 11 is 0. The molecule has 0 heterocycles. The van der Waals surface area contributed by atoms with Gasteiger partial charge in [-0.1, -0.05) is 85.6 Å². The lowest BCUT2D eigenvalue weighted by Gasteiger charge is -2.29. The fourth-order valence-electron chi connectivity index (χ4n) is 2.86. The van der Waals surface area contributed by atoms with Gasteiger partial charge in [0, 0.05) is 0 Å². The van der Waals surface area contributed by atoms with Crippen LogP contribution in [0, 0.1) is 0 Å². The second kappa shape index (κ2) is 6.80. The van der Waals surface area contributed by atoms with Crippen LogP contribution in [0.3, 0.4) is 0 Å². The molecule has 0 aliphatic rings. The predicted octanol–water partition coefficient (Wildman–Crippen LogP) is 4.67. The molecule has 0 N–H and O–H groups in total. The van der Waals surface area contributed by atoms with E-state index in [-0.39, 0.29) is 0 Å². The summed E-state index contributed by atoms with van der Waals surface area (Å²) in [6.07, 6.45) is 2.59. The van der Waals surface area contributed by atoms with E-state index in [2.05, 4.69) is 63.7 Å². The summed E-state index contributed by atoms with van der Waals surface area (Å²) in [4.78, 5) is 0. The summed E-state index contributed by atoms with van der Waals surface area (Å²) in [6, 6.07) is 14.0. The van der Waals surface area contributed by atoms with E-state index in [4.69, 9.17) is 0 Å². The zero-order chi connectivity index (χ0) is 12.7. The van der Waals surface area contributed by atoms with Crippen molar-refractivity contribution >= 4 is 13.3 Å². The number of hydrogen-bond acceptors (Lipinski definition) is 0. The van der Waals surface area contributed by atoms with Gasteiger partial charge < -0.3 is 0 Å². The van der Waals surface area contributed by atoms with Gasteiger partial charge in [0.1, 0.15) is 8.07 Å². The summed E-state index contributed by atoms with van der Waals surface area (Å²) in [7, 11) is -1.40. The van der Waals surface area contributed by atoms with E-state index < -0.39 is 8.07 Å². The maximum Gasteiger partial charge on any atom is 0.110 e. The van der Waals surface area contributed by atoms with Gasteiger partial charge in [-0.25, -0.2) is 0 Å². The van der Waals surface area contributed by atoms with E-state index in [1.54, 1.807) is 5.19 Å². The van der Waals surface area contributed by atoms with Gasteiger partial charge in [0.15, 0.2) is 0 Å². The topological polar surface area (TPSA) is 0 Å². The zero-order valence-corrected chi connectivity index (χ0v) is 12.8. The highest BCUT2D eigenvalue weighted by Crippen LogP contribution is 2.23. The van der Waals surface area contributed by atoms with E-state index in [9.17, 15) is 0 Å². The highest BCUT2D eigenvalue weighted by atomic mass is 28.3. The van der Waals surface area contributed by atoms with Gasteiger partial charge in [0.25, 0.3) is 0 Å². The SMILES string of the molecule is CCC[Si](C=C(C)C)(CCC)c1ccccc1. The largest absolute Gasteiger partial charge is 0.110 e. The van der Waals surface area contributed by atoms with Crippen LogP contribution in [0.15, 0.2) is 41.6 Å². The average Bonchev–Trinajstić information content (AvgIpc) is 2.30. The highest BCUT2D eigenvalue weighted by Gasteiger charge is 2.30. The van der Waals surface area contributed by atoms with Crippen LogP contribution in [0.5, 0.6) is 0 Å². The molecule has 94 valence electrons. The van der Waals surface area contributed by atoms with E-state index in [0.29, 0.717) is 0 Å². The summed E-state index contributed by atoms with van der Waals surface area (Å²) in [5.74, 6) is 0. The normalized spacial score (nSPS) is 11.3. The van der Waals surface area contributed by atoms with Gasteiger partial charge in [-0.15, -0.1) is 0 Å². The molecule has 0 aromatic heterocycles. The molecular formula is C16H26Si. The first-order chi connectivity index (χ1) is 8.14. The number of allylic oxidation sites excluding steroid dienone is 1. The molecule has 1 heteroatoms. The molecular weight excluding hydrogens is 220 g/mol. The van der Waals surface area contributed by atoms with E-state index in [1.165, 1.54) is 30.5 Å². The fraction of sp³-hybridized carbons (Fsp3) is 0.500. The Morgan fingerprint density at radius 3 is 1.94 bits per heavy atom. The number of rotatable bonds is 6. The second-order valence-corrected chi connectivity index (χ2v) is 9.42. The van der Waals surface area contributed by atoms with Crippen LogP contribution in [0.25, 0.3) is 0 Å². The minimum atomic E-state index is -1.40. The van der Waals surface area contributed by atoms with Crippen molar-refractivity contribution in [1.29, 1.82) is 0 Å². The molecule has 0 amide bonds. The molecule has 0 saturated carbocycles. The van der Waals surface area contributed by atoms with Crippen molar-refractivity contribution in [3.05, 3.63) is 41.6 Å². The van der Waals surface area contributed by atoms with Gasteiger partial charge in [-0.05, 0) is 13.8 Å². The molecule has 0 atom stereocenters. The molecule has 0 radical (unpaired) electrons. The number of hydrogen-bond donors (Lipinski definition) is 0. The fourth-order valence-corrected chi connectivity index (χ4v) is 7.88. The van der Waals surface area contributed by atoms with Crippen molar-refractivity contribution in [2.75, 3.05) is 0 Å². The van der Waals surface area contributed by atoms with Crippen molar-refractivity contribution in [3.8, 4) is 0 Å². The summed E-state index contributed by atoms with van der Waals surface area (Å²) in [5.41, 5.74) is 4.11. The smallest absolute Gasteiger partial charge is 0.0912 e. The molecule has 0 fully saturated rings. The minimum Gasteiger partial charge on any atom is -0.0912 e. The Labute approximate surface area is 108 Å². The van der Waals surface area contributed by atoms with Crippen LogP contribution in [0.2, 0.25) is 12.1 Å². The maximum absolute atomic E-state index is 2.62. The Balaban J connectivity index is 3.19. The van der Waals surface area contributed by atoms with Crippen LogP contribution < -0.4 is 5.19 Å². The quantitative estimate of drug-likeness (QED) is 0.640. The zero-order valence-electron chi connectivity index (χ0n) is 11.8. The molecule has 0 aliphatic carbocycles. The third kappa shape index (κ3) is 3.85. The maximum atomic E-state index is 2.62. The lowest BCUT2D eigenvalue weighted by molar-refractivity contribution is 0.995. The molecule has 17 heavy (non-hydrogen) atoms. The molecule has 0 spiro atoms.